The number of non-ortho nitro benzene ring substituents is 1. The van der Waals surface area contributed by atoms with E-state index in [1.54, 1.807) is 12.1 Å². The third-order valence-electron chi connectivity index (χ3n) is 2.63. The van der Waals surface area contributed by atoms with Gasteiger partial charge in [-0.25, -0.2) is 4.98 Å². The summed E-state index contributed by atoms with van der Waals surface area (Å²) < 4.78 is 36.1. The van der Waals surface area contributed by atoms with Gasteiger partial charge < -0.3 is 5.32 Å². The fraction of sp³-hybridized carbons (Fsp3) is 0.250. The largest absolute Gasteiger partial charge is 0.441 e. The van der Waals surface area contributed by atoms with Gasteiger partial charge in [0.05, 0.1) is 4.92 Å². The van der Waals surface area contributed by atoms with E-state index >= 15 is 0 Å². The third-order valence-corrected chi connectivity index (χ3v) is 3.36. The van der Waals surface area contributed by atoms with E-state index in [0.717, 1.165) is 0 Å². The number of nitro benzene ring substituents is 1. The summed E-state index contributed by atoms with van der Waals surface area (Å²) in [5.41, 5.74) is -3.68. The van der Waals surface area contributed by atoms with Crippen LogP contribution in [-0.2, 0) is 0 Å². The summed E-state index contributed by atoms with van der Waals surface area (Å²) in [7, 11) is 0. The molecule has 0 atom stereocenters. The van der Waals surface area contributed by atoms with E-state index in [2.05, 4.69) is 10.3 Å². The monoisotopic (exact) mass is 317 g/mol. The quantitative estimate of drug-likeness (QED) is 0.516. The molecular formula is C12H10F3N3O2S. The summed E-state index contributed by atoms with van der Waals surface area (Å²) in [5.74, 6) is -0.151. The van der Waals surface area contributed by atoms with Gasteiger partial charge in [-0.1, -0.05) is 0 Å². The number of aromatic nitrogens is 1. The molecule has 5 nitrogen and oxygen atoms in total. The molecule has 0 radical (unpaired) electrons. The fourth-order valence-electron chi connectivity index (χ4n) is 1.81. The molecule has 1 heterocycles. The topological polar surface area (TPSA) is 68.1 Å². The van der Waals surface area contributed by atoms with Gasteiger partial charge >= 0.3 is 5.51 Å². The fourth-order valence-corrected chi connectivity index (χ4v) is 2.25. The smallest absolute Gasteiger partial charge is 0.384 e. The maximum Gasteiger partial charge on any atom is 0.441 e. The SMILES string of the molecule is O=[N+]([O-])c1ccc(NCCSC(F)(F)F)c2cccnc12. The van der Waals surface area contributed by atoms with Gasteiger partial charge in [0.1, 0.15) is 5.52 Å². The average Bonchev–Trinajstić information content (AvgIpc) is 2.42. The third kappa shape index (κ3) is 3.97. The van der Waals surface area contributed by atoms with Crippen LogP contribution in [0.2, 0.25) is 0 Å². The van der Waals surface area contributed by atoms with Crippen LogP contribution in [0.15, 0.2) is 30.5 Å². The number of pyridine rings is 1. The molecule has 21 heavy (non-hydrogen) atoms. The van der Waals surface area contributed by atoms with Crippen molar-refractivity contribution in [2.24, 2.45) is 0 Å². The van der Waals surface area contributed by atoms with Crippen molar-refractivity contribution in [3.8, 4) is 0 Å². The van der Waals surface area contributed by atoms with E-state index in [9.17, 15) is 23.3 Å². The number of nitrogens with zero attached hydrogens (tertiary/aromatic N) is 2. The lowest BCUT2D eigenvalue weighted by Gasteiger charge is -2.10. The van der Waals surface area contributed by atoms with Crippen molar-refractivity contribution >= 4 is 34.0 Å². The molecular weight excluding hydrogens is 307 g/mol. The molecule has 112 valence electrons. The molecule has 0 saturated heterocycles. The van der Waals surface area contributed by atoms with E-state index in [-0.39, 0.29) is 35.3 Å². The average molecular weight is 317 g/mol. The second kappa shape index (κ2) is 6.17. The van der Waals surface area contributed by atoms with Crippen molar-refractivity contribution in [2.75, 3.05) is 17.6 Å². The molecule has 9 heteroatoms. The van der Waals surface area contributed by atoms with Crippen molar-refractivity contribution in [3.63, 3.8) is 0 Å². The van der Waals surface area contributed by atoms with Gasteiger partial charge in [0.2, 0.25) is 0 Å². The predicted octanol–water partition coefficient (Wildman–Crippen LogP) is 3.81. The van der Waals surface area contributed by atoms with E-state index < -0.39 is 10.4 Å². The highest BCUT2D eigenvalue weighted by molar-refractivity contribution is 8.00. The number of thioether (sulfide) groups is 1. The molecule has 0 unspecified atom stereocenters. The van der Waals surface area contributed by atoms with Crippen molar-refractivity contribution in [1.82, 2.24) is 4.98 Å². The number of halogens is 3. The number of benzene rings is 1. The molecule has 0 saturated carbocycles. The summed E-state index contributed by atoms with van der Waals surface area (Å²) >= 11 is -0.120. The molecule has 0 aliphatic heterocycles. The first-order chi connectivity index (χ1) is 9.88. The lowest BCUT2D eigenvalue weighted by Crippen LogP contribution is -2.09. The van der Waals surface area contributed by atoms with Gasteiger partial charge in [0, 0.05) is 35.6 Å². The zero-order chi connectivity index (χ0) is 15.5. The van der Waals surface area contributed by atoms with Gasteiger partial charge in [-0.15, -0.1) is 0 Å². The van der Waals surface area contributed by atoms with Crippen LogP contribution < -0.4 is 5.32 Å². The minimum Gasteiger partial charge on any atom is -0.384 e. The highest BCUT2D eigenvalue weighted by Crippen LogP contribution is 2.31. The molecule has 1 aromatic heterocycles. The summed E-state index contributed by atoms with van der Waals surface area (Å²) in [6.45, 7) is 0.0893. The Labute approximate surface area is 121 Å². The first kappa shape index (κ1) is 15.4. The van der Waals surface area contributed by atoms with E-state index in [0.29, 0.717) is 11.1 Å². The Bertz CT molecular complexity index is 664. The van der Waals surface area contributed by atoms with Crippen LogP contribution in [0.3, 0.4) is 0 Å². The van der Waals surface area contributed by atoms with Crippen LogP contribution in [0.25, 0.3) is 10.9 Å². The molecule has 0 amide bonds. The molecule has 0 spiro atoms. The Kier molecular flexibility index (Phi) is 4.51. The standard InChI is InChI=1S/C12H10F3N3O2S/c13-12(14,15)21-7-6-16-9-3-4-10(18(19)20)11-8(9)2-1-5-17-11/h1-5,16H,6-7H2. The lowest BCUT2D eigenvalue weighted by molar-refractivity contribution is -0.383. The van der Waals surface area contributed by atoms with Crippen molar-refractivity contribution in [2.45, 2.75) is 5.51 Å². The summed E-state index contributed by atoms with van der Waals surface area (Å²) in [6, 6.07) is 6.01. The highest BCUT2D eigenvalue weighted by atomic mass is 32.2. The molecule has 2 aromatic rings. The number of anilines is 1. The number of fused-ring (bicyclic) bond motifs is 1. The van der Waals surface area contributed by atoms with E-state index in [4.69, 9.17) is 0 Å². The van der Waals surface area contributed by atoms with Crippen molar-refractivity contribution < 1.29 is 18.1 Å². The summed E-state index contributed by atoms with van der Waals surface area (Å²) in [4.78, 5) is 14.3. The Balaban J connectivity index is 2.18. The zero-order valence-corrected chi connectivity index (χ0v) is 11.4. The first-order valence-corrected chi connectivity index (χ1v) is 6.84. The van der Waals surface area contributed by atoms with Crippen molar-refractivity contribution in [3.05, 3.63) is 40.6 Å². The van der Waals surface area contributed by atoms with Gasteiger partial charge in [-0.3, -0.25) is 10.1 Å². The van der Waals surface area contributed by atoms with E-state index in [1.165, 1.54) is 18.3 Å². The molecule has 2 rings (SSSR count). The maximum absolute atomic E-state index is 12.0. The molecule has 0 aliphatic rings. The highest BCUT2D eigenvalue weighted by Gasteiger charge is 2.27. The Morgan fingerprint density at radius 2 is 2.10 bits per heavy atom. The molecule has 0 bridgehead atoms. The minimum absolute atomic E-state index is 0.0893. The molecule has 1 N–H and O–H groups in total. The number of hydrogen-bond donors (Lipinski definition) is 1. The maximum atomic E-state index is 12.0. The number of hydrogen-bond acceptors (Lipinski definition) is 5. The Morgan fingerprint density at radius 1 is 1.33 bits per heavy atom. The Morgan fingerprint density at radius 3 is 2.76 bits per heavy atom. The molecule has 1 aromatic carbocycles. The van der Waals surface area contributed by atoms with Gasteiger partial charge in [-0.2, -0.15) is 13.2 Å². The van der Waals surface area contributed by atoms with Crippen LogP contribution in [-0.4, -0.2) is 27.7 Å². The normalized spacial score (nSPS) is 11.6. The minimum atomic E-state index is -4.26. The van der Waals surface area contributed by atoms with Crippen LogP contribution in [0.5, 0.6) is 0 Å². The first-order valence-electron chi connectivity index (χ1n) is 5.85. The predicted molar refractivity (Wildman–Crippen MR) is 75.4 cm³/mol. The second-order valence-electron chi connectivity index (χ2n) is 4.01. The molecule has 0 aliphatic carbocycles. The lowest BCUT2D eigenvalue weighted by atomic mass is 10.1. The van der Waals surface area contributed by atoms with Gasteiger partial charge in [0.15, 0.2) is 0 Å². The van der Waals surface area contributed by atoms with Gasteiger partial charge in [-0.05, 0) is 30.0 Å². The van der Waals surface area contributed by atoms with Crippen LogP contribution in [0.4, 0.5) is 24.5 Å². The number of nitro groups is 1. The summed E-state index contributed by atoms with van der Waals surface area (Å²) in [5, 5.41) is 14.3. The number of rotatable bonds is 5. The van der Waals surface area contributed by atoms with Crippen LogP contribution in [0, 0.1) is 10.1 Å². The zero-order valence-electron chi connectivity index (χ0n) is 10.6. The van der Waals surface area contributed by atoms with Gasteiger partial charge in [0.25, 0.3) is 5.69 Å². The van der Waals surface area contributed by atoms with Crippen LogP contribution in [0.1, 0.15) is 0 Å². The Hall–Kier alpha value is -2.03. The van der Waals surface area contributed by atoms with Crippen LogP contribution >= 0.6 is 11.8 Å². The number of alkyl halides is 3. The molecule has 0 fully saturated rings. The number of nitrogens with one attached hydrogen (secondary N) is 1. The summed E-state index contributed by atoms with van der Waals surface area (Å²) in [6.07, 6.45) is 1.43. The van der Waals surface area contributed by atoms with E-state index in [1.807, 2.05) is 0 Å². The second-order valence-corrected chi connectivity index (χ2v) is 5.17. The van der Waals surface area contributed by atoms with Crippen molar-refractivity contribution in [1.29, 1.82) is 0 Å².